The highest BCUT2D eigenvalue weighted by Crippen LogP contribution is 2.29. The fraction of sp³-hybridized carbons (Fsp3) is 0.167. The van der Waals surface area contributed by atoms with Crippen molar-refractivity contribution in [2.45, 2.75) is 6.61 Å². The highest BCUT2D eigenvalue weighted by Gasteiger charge is 2.16. The van der Waals surface area contributed by atoms with Crippen molar-refractivity contribution in [1.29, 1.82) is 0 Å². The number of ether oxygens (including phenoxy) is 2. The van der Waals surface area contributed by atoms with Crippen molar-refractivity contribution in [3.8, 4) is 11.5 Å². The maximum Gasteiger partial charge on any atom is 0.236 e. The van der Waals surface area contributed by atoms with Crippen molar-refractivity contribution in [3.05, 3.63) is 58.4 Å². The monoisotopic (exact) mass is 407 g/mol. The van der Waals surface area contributed by atoms with Crippen LogP contribution < -0.4 is 14.8 Å². The number of nitrogens with one attached hydrogen (secondary N) is 1. The highest BCUT2D eigenvalue weighted by molar-refractivity contribution is 8.15. The lowest BCUT2D eigenvalue weighted by Crippen LogP contribution is -2.19. The molecule has 1 fully saturated rings. The predicted octanol–water partition coefficient (Wildman–Crippen LogP) is 3.62. The summed E-state index contributed by atoms with van der Waals surface area (Å²) in [5, 5.41) is 11.3. The van der Waals surface area contributed by atoms with Crippen LogP contribution in [0.1, 0.15) is 11.1 Å². The van der Waals surface area contributed by atoms with Gasteiger partial charge in [0.15, 0.2) is 16.7 Å². The number of amidine groups is 1. The van der Waals surface area contributed by atoms with Crippen molar-refractivity contribution in [2.24, 2.45) is 10.2 Å². The van der Waals surface area contributed by atoms with Crippen LogP contribution in [-0.2, 0) is 11.4 Å². The first-order valence-electron chi connectivity index (χ1n) is 7.83. The molecular weight excluding hydrogens is 393 g/mol. The standard InChI is InChI=1S/C18H15ClFN3O3S/c1-25-15-5-2-11(8-21-23-18-22-17(24)10-27-18)6-16(15)26-9-12-3-4-13(20)7-14(12)19/h2-8H,9-10H2,1H3,(H,22,23,24). The van der Waals surface area contributed by atoms with Gasteiger partial charge in [-0.15, -0.1) is 5.10 Å². The molecule has 27 heavy (non-hydrogen) atoms. The lowest BCUT2D eigenvalue weighted by molar-refractivity contribution is -0.116. The number of carbonyl (C=O) groups is 1. The summed E-state index contributed by atoms with van der Waals surface area (Å²) in [5.74, 6) is 0.876. The summed E-state index contributed by atoms with van der Waals surface area (Å²) in [6.45, 7) is 0.154. The van der Waals surface area contributed by atoms with Crippen LogP contribution in [0.5, 0.6) is 11.5 Å². The van der Waals surface area contributed by atoms with Gasteiger partial charge in [0.05, 0.1) is 24.1 Å². The predicted molar refractivity (Wildman–Crippen MR) is 104 cm³/mol. The average molecular weight is 408 g/mol. The lowest BCUT2D eigenvalue weighted by Gasteiger charge is -2.12. The fourth-order valence-electron chi connectivity index (χ4n) is 2.21. The zero-order valence-corrected chi connectivity index (χ0v) is 15.8. The van der Waals surface area contributed by atoms with Gasteiger partial charge in [-0.3, -0.25) is 4.79 Å². The van der Waals surface area contributed by atoms with E-state index in [0.717, 1.165) is 5.56 Å². The van der Waals surface area contributed by atoms with Crippen LogP contribution in [0.15, 0.2) is 46.6 Å². The average Bonchev–Trinajstić information content (AvgIpc) is 3.06. The Morgan fingerprint density at radius 1 is 1.30 bits per heavy atom. The minimum absolute atomic E-state index is 0.0893. The van der Waals surface area contributed by atoms with E-state index >= 15 is 0 Å². The third kappa shape index (κ3) is 5.21. The summed E-state index contributed by atoms with van der Waals surface area (Å²) >= 11 is 7.32. The van der Waals surface area contributed by atoms with Crippen LogP contribution in [0.4, 0.5) is 4.39 Å². The first kappa shape index (κ1) is 19.2. The van der Waals surface area contributed by atoms with E-state index in [-0.39, 0.29) is 12.5 Å². The van der Waals surface area contributed by atoms with Crippen molar-refractivity contribution in [3.63, 3.8) is 0 Å². The topological polar surface area (TPSA) is 72.3 Å². The number of halogens is 2. The molecule has 1 aliphatic heterocycles. The maximum absolute atomic E-state index is 13.1. The third-order valence-corrected chi connectivity index (χ3v) is 4.74. The van der Waals surface area contributed by atoms with E-state index in [1.807, 2.05) is 0 Å². The molecule has 9 heteroatoms. The largest absolute Gasteiger partial charge is 0.493 e. The van der Waals surface area contributed by atoms with E-state index in [1.54, 1.807) is 24.3 Å². The van der Waals surface area contributed by atoms with Crippen molar-refractivity contribution in [1.82, 2.24) is 5.32 Å². The van der Waals surface area contributed by atoms with E-state index in [9.17, 15) is 9.18 Å². The Morgan fingerprint density at radius 3 is 2.85 bits per heavy atom. The molecule has 0 saturated carbocycles. The van der Waals surface area contributed by atoms with Gasteiger partial charge in [0.25, 0.3) is 0 Å². The van der Waals surface area contributed by atoms with E-state index in [0.29, 0.717) is 33.0 Å². The molecule has 0 aliphatic carbocycles. The van der Waals surface area contributed by atoms with Gasteiger partial charge in [-0.05, 0) is 35.9 Å². The fourth-order valence-corrected chi connectivity index (χ4v) is 3.06. The highest BCUT2D eigenvalue weighted by atomic mass is 35.5. The lowest BCUT2D eigenvalue weighted by atomic mass is 10.2. The maximum atomic E-state index is 13.1. The molecule has 0 bridgehead atoms. The number of thioether (sulfide) groups is 1. The summed E-state index contributed by atoms with van der Waals surface area (Å²) in [6.07, 6.45) is 1.54. The summed E-state index contributed by atoms with van der Waals surface area (Å²) < 4.78 is 24.2. The first-order chi connectivity index (χ1) is 13.0. The number of nitrogens with zero attached hydrogens (tertiary/aromatic N) is 2. The Balaban J connectivity index is 1.72. The molecule has 1 amide bonds. The quantitative estimate of drug-likeness (QED) is 0.586. The molecule has 2 aromatic rings. The zero-order chi connectivity index (χ0) is 19.2. The molecular formula is C18H15ClFN3O3S. The van der Waals surface area contributed by atoms with Gasteiger partial charge >= 0.3 is 0 Å². The molecule has 0 atom stereocenters. The number of hydrogen-bond acceptors (Lipinski definition) is 6. The van der Waals surface area contributed by atoms with Gasteiger partial charge in [0.1, 0.15) is 12.4 Å². The smallest absolute Gasteiger partial charge is 0.236 e. The molecule has 1 aliphatic rings. The van der Waals surface area contributed by atoms with Crippen LogP contribution in [-0.4, -0.2) is 30.2 Å². The number of benzene rings is 2. The third-order valence-electron chi connectivity index (χ3n) is 3.53. The molecule has 6 nitrogen and oxygen atoms in total. The number of methoxy groups -OCH3 is 1. The molecule has 0 unspecified atom stereocenters. The Bertz CT molecular complexity index is 921. The second-order valence-corrected chi connectivity index (χ2v) is 6.79. The van der Waals surface area contributed by atoms with Crippen LogP contribution in [0, 0.1) is 5.82 Å². The van der Waals surface area contributed by atoms with E-state index in [2.05, 4.69) is 15.5 Å². The van der Waals surface area contributed by atoms with Crippen molar-refractivity contribution >= 4 is 40.7 Å². The molecule has 0 spiro atoms. The van der Waals surface area contributed by atoms with E-state index in [4.69, 9.17) is 21.1 Å². The molecule has 0 radical (unpaired) electrons. The molecule has 0 aromatic heterocycles. The van der Waals surface area contributed by atoms with Crippen LogP contribution >= 0.6 is 23.4 Å². The van der Waals surface area contributed by atoms with Gasteiger partial charge in [-0.2, -0.15) is 5.10 Å². The SMILES string of the molecule is COc1ccc(C=NN=C2NC(=O)CS2)cc1OCc1ccc(F)cc1Cl. The van der Waals surface area contributed by atoms with Gasteiger partial charge in [0.2, 0.25) is 5.91 Å². The summed E-state index contributed by atoms with van der Waals surface area (Å²) in [6, 6.07) is 9.39. The number of amides is 1. The summed E-state index contributed by atoms with van der Waals surface area (Å²) in [5.41, 5.74) is 1.38. The summed E-state index contributed by atoms with van der Waals surface area (Å²) in [7, 11) is 1.53. The van der Waals surface area contributed by atoms with Gasteiger partial charge in [-0.25, -0.2) is 4.39 Å². The first-order valence-corrected chi connectivity index (χ1v) is 9.20. The molecule has 1 saturated heterocycles. The van der Waals surface area contributed by atoms with Crippen LogP contribution in [0.3, 0.4) is 0 Å². The Labute approximate surface area is 164 Å². The molecule has 3 rings (SSSR count). The van der Waals surface area contributed by atoms with E-state index in [1.165, 1.54) is 37.2 Å². The van der Waals surface area contributed by atoms with Crippen LogP contribution in [0.2, 0.25) is 5.02 Å². The van der Waals surface area contributed by atoms with E-state index < -0.39 is 5.82 Å². The van der Waals surface area contributed by atoms with Crippen molar-refractivity contribution < 1.29 is 18.7 Å². The minimum Gasteiger partial charge on any atom is -0.493 e. The molecule has 1 N–H and O–H groups in total. The Kier molecular flexibility index (Phi) is 6.31. The number of hydrogen-bond donors (Lipinski definition) is 1. The number of rotatable bonds is 6. The van der Waals surface area contributed by atoms with Crippen LogP contribution in [0.25, 0.3) is 0 Å². The second-order valence-electron chi connectivity index (χ2n) is 5.42. The Hall–Kier alpha value is -2.58. The van der Waals surface area contributed by atoms with Gasteiger partial charge in [0, 0.05) is 5.56 Å². The van der Waals surface area contributed by atoms with Gasteiger partial charge < -0.3 is 14.8 Å². The molecule has 1 heterocycles. The molecule has 140 valence electrons. The van der Waals surface area contributed by atoms with Crippen molar-refractivity contribution in [2.75, 3.05) is 12.9 Å². The zero-order valence-electron chi connectivity index (χ0n) is 14.2. The number of carbonyl (C=O) groups excluding carboxylic acids is 1. The second kappa shape index (κ2) is 8.88. The molecule has 2 aromatic carbocycles. The minimum atomic E-state index is -0.405. The van der Waals surface area contributed by atoms with Gasteiger partial charge in [-0.1, -0.05) is 29.4 Å². The normalized spacial score (nSPS) is 15.4. The summed E-state index contributed by atoms with van der Waals surface area (Å²) in [4.78, 5) is 11.1. The Morgan fingerprint density at radius 2 is 2.15 bits per heavy atom.